The minimum absolute atomic E-state index is 0.104. The van der Waals surface area contributed by atoms with Gasteiger partial charge in [-0.3, -0.25) is 0 Å². The number of aliphatic hydroxyl groups is 1. The monoisotopic (exact) mass is 556 g/mol. The van der Waals surface area contributed by atoms with Gasteiger partial charge in [0.2, 0.25) is 0 Å². The molecule has 0 radical (unpaired) electrons. The van der Waals surface area contributed by atoms with Crippen molar-refractivity contribution < 1.29 is 19.3 Å². The lowest BCUT2D eigenvalue weighted by Crippen LogP contribution is -2.68. The summed E-state index contributed by atoms with van der Waals surface area (Å²) in [5.41, 5.74) is 3.24. The molecule has 6 aliphatic rings. The maximum absolute atomic E-state index is 9.42. The fourth-order valence-electron chi connectivity index (χ4n) is 12.1. The molecule has 10 atom stereocenters. The summed E-state index contributed by atoms with van der Waals surface area (Å²) in [6, 6.07) is 0. The van der Waals surface area contributed by atoms with Crippen LogP contribution in [0.5, 0.6) is 0 Å². The van der Waals surface area contributed by atoms with Crippen molar-refractivity contribution in [2.75, 3.05) is 19.8 Å². The van der Waals surface area contributed by atoms with Gasteiger partial charge >= 0.3 is 0 Å². The summed E-state index contributed by atoms with van der Waals surface area (Å²) in [5.74, 6) is 1.49. The zero-order chi connectivity index (χ0) is 29.0. The molecule has 1 saturated heterocycles. The molecule has 1 aliphatic heterocycles. The second kappa shape index (κ2) is 9.29. The van der Waals surface area contributed by atoms with E-state index in [0.717, 1.165) is 25.9 Å². The highest BCUT2D eigenvalue weighted by Gasteiger charge is 2.70. The number of ether oxygens (including phenoxy) is 3. The highest BCUT2D eigenvalue weighted by molar-refractivity contribution is 5.34. The van der Waals surface area contributed by atoms with Crippen LogP contribution in [-0.2, 0) is 14.2 Å². The van der Waals surface area contributed by atoms with Gasteiger partial charge in [0, 0.05) is 24.0 Å². The summed E-state index contributed by atoms with van der Waals surface area (Å²) >= 11 is 0. The molecule has 4 nitrogen and oxygen atoms in total. The number of allylic oxidation sites excluding steroid dienone is 2. The number of rotatable bonds is 4. The molecule has 0 bridgehead atoms. The average molecular weight is 557 g/mol. The Hall–Kier alpha value is -0.420. The van der Waals surface area contributed by atoms with Gasteiger partial charge in [-0.25, -0.2) is 0 Å². The maximum atomic E-state index is 9.42. The minimum Gasteiger partial charge on any atom is -0.396 e. The Bertz CT molecular complexity index is 1030. The Labute approximate surface area is 245 Å². The van der Waals surface area contributed by atoms with E-state index in [-0.39, 0.29) is 34.4 Å². The standard InChI is InChI=1S/C36H60O4/c1-30(2)21-25-24-11-12-27-33(6)15-14-28-34(7,23-39-31(3,4)40-28)26(33)13-16-36(27,9)35(24,8)18-17-32(25,5)29(22-30)38-20-10-19-37/h11,25-29,37H,10,12-23H2,1-9H3. The molecule has 0 aromatic rings. The minimum atomic E-state index is -0.459. The van der Waals surface area contributed by atoms with Gasteiger partial charge in [0.1, 0.15) is 0 Å². The highest BCUT2D eigenvalue weighted by Crippen LogP contribution is 2.76. The smallest absolute Gasteiger partial charge is 0.163 e. The van der Waals surface area contributed by atoms with Gasteiger partial charge in [-0.1, -0.05) is 60.1 Å². The van der Waals surface area contributed by atoms with Crippen LogP contribution in [0.2, 0.25) is 0 Å². The van der Waals surface area contributed by atoms with Gasteiger partial charge in [-0.05, 0) is 117 Å². The quantitative estimate of drug-likeness (QED) is 0.279. The van der Waals surface area contributed by atoms with Crippen LogP contribution in [0, 0.1) is 50.2 Å². The van der Waals surface area contributed by atoms with Crippen molar-refractivity contribution in [2.45, 2.75) is 145 Å². The predicted octanol–water partition coefficient (Wildman–Crippen LogP) is 8.32. The lowest BCUT2D eigenvalue weighted by molar-refractivity contribution is -0.351. The maximum Gasteiger partial charge on any atom is 0.163 e. The van der Waals surface area contributed by atoms with Gasteiger partial charge in [-0.15, -0.1) is 0 Å². The molecule has 10 unspecified atom stereocenters. The Kier molecular flexibility index (Phi) is 6.89. The Morgan fingerprint density at radius 1 is 0.850 bits per heavy atom. The van der Waals surface area contributed by atoms with E-state index in [9.17, 15) is 5.11 Å². The summed E-state index contributed by atoms with van der Waals surface area (Å²) in [5, 5.41) is 9.42. The molecule has 40 heavy (non-hydrogen) atoms. The first-order valence-electron chi connectivity index (χ1n) is 16.8. The van der Waals surface area contributed by atoms with Gasteiger partial charge in [0.05, 0.1) is 18.8 Å². The van der Waals surface area contributed by atoms with Gasteiger partial charge < -0.3 is 19.3 Å². The zero-order valence-electron chi connectivity index (χ0n) is 27.3. The molecule has 5 fully saturated rings. The second-order valence-corrected chi connectivity index (χ2v) is 17.7. The van der Waals surface area contributed by atoms with Crippen LogP contribution < -0.4 is 0 Å². The van der Waals surface area contributed by atoms with E-state index in [4.69, 9.17) is 14.2 Å². The van der Waals surface area contributed by atoms with Gasteiger partial charge in [0.15, 0.2) is 5.79 Å². The third-order valence-electron chi connectivity index (χ3n) is 14.6. The largest absolute Gasteiger partial charge is 0.396 e. The third-order valence-corrected chi connectivity index (χ3v) is 14.6. The molecule has 0 aromatic heterocycles. The Morgan fingerprint density at radius 2 is 1.60 bits per heavy atom. The highest BCUT2D eigenvalue weighted by atomic mass is 16.7. The van der Waals surface area contributed by atoms with Crippen molar-refractivity contribution >= 4 is 0 Å². The first-order valence-corrected chi connectivity index (χ1v) is 16.8. The molecule has 1 N–H and O–H groups in total. The summed E-state index contributed by atoms with van der Waals surface area (Å²) in [6.07, 6.45) is 15.3. The number of hydrogen-bond acceptors (Lipinski definition) is 4. The molecule has 6 rings (SSSR count). The fraction of sp³-hybridized carbons (Fsp3) is 0.944. The lowest BCUT2D eigenvalue weighted by Gasteiger charge is -2.72. The predicted molar refractivity (Wildman–Crippen MR) is 161 cm³/mol. The topological polar surface area (TPSA) is 47.9 Å². The summed E-state index contributed by atoms with van der Waals surface area (Å²) in [4.78, 5) is 0. The molecule has 5 aliphatic carbocycles. The molecule has 0 amide bonds. The van der Waals surface area contributed by atoms with E-state index in [1.807, 2.05) is 0 Å². The van der Waals surface area contributed by atoms with Gasteiger partial charge in [-0.2, -0.15) is 0 Å². The number of fused-ring (bicyclic) bond motifs is 9. The van der Waals surface area contributed by atoms with E-state index >= 15 is 0 Å². The molecule has 1 heterocycles. The SMILES string of the molecule is CC1(C)CC(OCCCO)C2(C)CCC3(C)C(=CCC4C5(C)CCC6OC(C)(C)OCC6(C)C5CCC43C)C2C1. The van der Waals surface area contributed by atoms with Crippen molar-refractivity contribution in [3.63, 3.8) is 0 Å². The van der Waals surface area contributed by atoms with E-state index in [2.05, 4.69) is 68.4 Å². The van der Waals surface area contributed by atoms with Crippen LogP contribution in [0.25, 0.3) is 0 Å². The van der Waals surface area contributed by atoms with Crippen molar-refractivity contribution in [1.29, 1.82) is 0 Å². The first-order chi connectivity index (χ1) is 18.5. The summed E-state index contributed by atoms with van der Waals surface area (Å²) in [6.45, 7) is 24.0. The van der Waals surface area contributed by atoms with Crippen LogP contribution in [0.15, 0.2) is 11.6 Å². The summed E-state index contributed by atoms with van der Waals surface area (Å²) < 4.78 is 19.6. The van der Waals surface area contributed by atoms with Crippen LogP contribution in [0.4, 0.5) is 0 Å². The first kappa shape index (κ1) is 29.6. The average Bonchev–Trinajstić information content (AvgIpc) is 2.86. The zero-order valence-corrected chi connectivity index (χ0v) is 27.3. The van der Waals surface area contributed by atoms with Crippen molar-refractivity contribution in [3.8, 4) is 0 Å². The molecular weight excluding hydrogens is 496 g/mol. The molecule has 228 valence electrons. The van der Waals surface area contributed by atoms with Crippen LogP contribution in [0.1, 0.15) is 127 Å². The molecule has 4 heteroatoms. The van der Waals surface area contributed by atoms with Gasteiger partial charge in [0.25, 0.3) is 0 Å². The fourth-order valence-corrected chi connectivity index (χ4v) is 12.1. The van der Waals surface area contributed by atoms with Crippen molar-refractivity contribution in [2.24, 2.45) is 50.2 Å². The van der Waals surface area contributed by atoms with Crippen molar-refractivity contribution in [3.05, 3.63) is 11.6 Å². The van der Waals surface area contributed by atoms with Crippen LogP contribution in [0.3, 0.4) is 0 Å². The van der Waals surface area contributed by atoms with Crippen molar-refractivity contribution in [1.82, 2.24) is 0 Å². The molecule has 4 saturated carbocycles. The number of hydrogen-bond donors (Lipinski definition) is 1. The van der Waals surface area contributed by atoms with E-state index in [1.54, 1.807) is 5.57 Å². The lowest BCUT2D eigenvalue weighted by atomic mass is 9.33. The third kappa shape index (κ3) is 4.04. The molecule has 0 spiro atoms. The second-order valence-electron chi connectivity index (χ2n) is 17.7. The molecule has 0 aromatic carbocycles. The number of aliphatic hydroxyl groups excluding tert-OH is 1. The van der Waals surface area contributed by atoms with E-state index in [1.165, 1.54) is 44.9 Å². The van der Waals surface area contributed by atoms with E-state index in [0.29, 0.717) is 41.3 Å². The molecular formula is C36H60O4. The normalized spacial score (nSPS) is 52.8. The van der Waals surface area contributed by atoms with Crippen LogP contribution in [-0.4, -0.2) is 42.9 Å². The van der Waals surface area contributed by atoms with Crippen LogP contribution >= 0.6 is 0 Å². The summed E-state index contributed by atoms with van der Waals surface area (Å²) in [7, 11) is 0. The Balaban J connectivity index is 1.34. The Morgan fingerprint density at radius 3 is 2.33 bits per heavy atom. The van der Waals surface area contributed by atoms with E-state index < -0.39 is 5.79 Å².